The number of benzene rings is 1. The second kappa shape index (κ2) is 3.36. The maximum atomic E-state index is 10.9. The minimum Gasteiger partial charge on any atom is -0.258 e. The zero-order chi connectivity index (χ0) is 12.0. The van der Waals surface area contributed by atoms with Gasteiger partial charge in [-0.3, -0.25) is 10.1 Å². The maximum absolute atomic E-state index is 10.9. The van der Waals surface area contributed by atoms with Crippen molar-refractivity contribution in [2.75, 3.05) is 0 Å². The summed E-state index contributed by atoms with van der Waals surface area (Å²) >= 11 is 5.95. The van der Waals surface area contributed by atoms with Crippen LogP contribution < -0.4 is 0 Å². The third kappa shape index (κ3) is 1.32. The number of hydrogen-bond acceptors (Lipinski definition) is 5. The number of nitro groups is 1. The fourth-order valence-corrected chi connectivity index (χ4v) is 2.00. The van der Waals surface area contributed by atoms with Crippen LogP contribution in [0.15, 0.2) is 24.5 Å². The molecule has 0 saturated heterocycles. The summed E-state index contributed by atoms with van der Waals surface area (Å²) in [5.41, 5.74) is 0.346. The van der Waals surface area contributed by atoms with Crippen LogP contribution in [0.25, 0.3) is 16.4 Å². The third-order valence-electron chi connectivity index (χ3n) is 2.41. The van der Waals surface area contributed by atoms with E-state index in [1.54, 1.807) is 12.1 Å². The average Bonchev–Trinajstić information content (AvgIpc) is 2.76. The van der Waals surface area contributed by atoms with Gasteiger partial charge in [0.1, 0.15) is 11.7 Å². The Labute approximate surface area is 98.8 Å². The Bertz CT molecular complexity index is 754. The second-order valence-corrected chi connectivity index (χ2v) is 3.70. The van der Waals surface area contributed by atoms with E-state index < -0.39 is 4.92 Å². The molecule has 3 aromatic rings. The lowest BCUT2D eigenvalue weighted by Crippen LogP contribution is -1.96. The first-order chi connectivity index (χ1) is 8.18. The van der Waals surface area contributed by atoms with Crippen molar-refractivity contribution in [3.05, 3.63) is 39.8 Å². The minimum absolute atomic E-state index is 0.0552. The Hall–Kier alpha value is -2.28. The number of nitrogens with zero attached hydrogens (tertiary/aromatic N) is 5. The van der Waals surface area contributed by atoms with Gasteiger partial charge in [-0.2, -0.15) is 9.61 Å². The molecule has 0 spiro atoms. The molecule has 2 aromatic heterocycles. The van der Waals surface area contributed by atoms with E-state index in [0.29, 0.717) is 11.0 Å². The van der Waals surface area contributed by atoms with E-state index >= 15 is 0 Å². The van der Waals surface area contributed by atoms with Crippen LogP contribution in [0.4, 0.5) is 5.69 Å². The molecule has 0 aliphatic rings. The van der Waals surface area contributed by atoms with Gasteiger partial charge < -0.3 is 0 Å². The number of non-ortho nitro benzene ring substituents is 1. The number of fused-ring (bicyclic) bond motifs is 3. The van der Waals surface area contributed by atoms with Crippen molar-refractivity contribution in [2.45, 2.75) is 0 Å². The van der Waals surface area contributed by atoms with Gasteiger partial charge in [-0.25, -0.2) is 0 Å². The Morgan fingerprint density at radius 2 is 2.24 bits per heavy atom. The van der Waals surface area contributed by atoms with Gasteiger partial charge in [0, 0.05) is 11.5 Å². The Balaban J connectivity index is 2.60. The van der Waals surface area contributed by atoms with Crippen LogP contribution in [0.5, 0.6) is 0 Å². The Kier molecular flexibility index (Phi) is 1.96. The van der Waals surface area contributed by atoms with E-state index in [0.717, 1.165) is 0 Å². The average molecular weight is 250 g/mol. The van der Waals surface area contributed by atoms with Crippen LogP contribution in [0.1, 0.15) is 0 Å². The molecule has 0 atom stereocenters. The van der Waals surface area contributed by atoms with E-state index in [-0.39, 0.29) is 16.2 Å². The van der Waals surface area contributed by atoms with Gasteiger partial charge in [-0.05, 0) is 6.07 Å². The smallest absolute Gasteiger partial charge is 0.258 e. The summed E-state index contributed by atoms with van der Waals surface area (Å²) < 4.78 is 1.38. The number of halogens is 1. The molecule has 0 radical (unpaired) electrons. The first-order valence-electron chi connectivity index (χ1n) is 4.61. The van der Waals surface area contributed by atoms with Gasteiger partial charge in [-0.15, -0.1) is 10.2 Å². The maximum Gasteiger partial charge on any atom is 0.280 e. The number of nitro benzene ring substituents is 1. The topological polar surface area (TPSA) is 86.2 Å². The summed E-state index contributed by atoms with van der Waals surface area (Å²) in [5.74, 6) is 0. The van der Waals surface area contributed by atoms with Gasteiger partial charge in [0.25, 0.3) is 5.69 Å². The zero-order valence-corrected chi connectivity index (χ0v) is 9.00. The van der Waals surface area contributed by atoms with Gasteiger partial charge in [-0.1, -0.05) is 17.7 Å². The van der Waals surface area contributed by atoms with E-state index in [9.17, 15) is 10.1 Å². The highest BCUT2D eigenvalue weighted by Gasteiger charge is 2.18. The number of rotatable bonds is 1. The molecule has 7 nitrogen and oxygen atoms in total. The molecule has 17 heavy (non-hydrogen) atoms. The van der Waals surface area contributed by atoms with Gasteiger partial charge in [0.15, 0.2) is 10.8 Å². The second-order valence-electron chi connectivity index (χ2n) is 3.35. The van der Waals surface area contributed by atoms with Crippen molar-refractivity contribution in [1.82, 2.24) is 19.8 Å². The predicted molar refractivity (Wildman–Crippen MR) is 60.0 cm³/mol. The Morgan fingerprint density at radius 3 is 3.00 bits per heavy atom. The van der Waals surface area contributed by atoms with Crippen LogP contribution >= 0.6 is 11.6 Å². The van der Waals surface area contributed by atoms with Crippen molar-refractivity contribution in [2.24, 2.45) is 0 Å². The Morgan fingerprint density at radius 1 is 1.41 bits per heavy atom. The van der Waals surface area contributed by atoms with Gasteiger partial charge in [0.05, 0.1) is 4.92 Å². The summed E-state index contributed by atoms with van der Waals surface area (Å²) in [7, 11) is 0. The lowest BCUT2D eigenvalue weighted by Gasteiger charge is -2.02. The van der Waals surface area contributed by atoms with E-state index in [1.165, 1.54) is 16.9 Å². The van der Waals surface area contributed by atoms with Crippen LogP contribution in [-0.4, -0.2) is 24.7 Å². The molecule has 84 valence electrons. The van der Waals surface area contributed by atoms with E-state index in [2.05, 4.69) is 15.3 Å². The molecule has 8 heteroatoms. The largest absolute Gasteiger partial charge is 0.280 e. The van der Waals surface area contributed by atoms with Crippen molar-refractivity contribution in [1.29, 1.82) is 0 Å². The number of aromatic nitrogens is 4. The lowest BCUT2D eigenvalue weighted by molar-refractivity contribution is -0.383. The minimum atomic E-state index is -0.497. The summed E-state index contributed by atoms with van der Waals surface area (Å²) in [6.45, 7) is 0. The summed E-state index contributed by atoms with van der Waals surface area (Å²) in [6.07, 6.45) is 1.39. The molecular formula is C9H4ClN5O2. The molecule has 0 fully saturated rings. The van der Waals surface area contributed by atoms with Crippen LogP contribution in [0.2, 0.25) is 5.15 Å². The predicted octanol–water partition coefficient (Wildman–Crippen LogP) is 1.84. The van der Waals surface area contributed by atoms with Crippen molar-refractivity contribution in [3.63, 3.8) is 0 Å². The molecule has 0 aliphatic carbocycles. The van der Waals surface area contributed by atoms with E-state index in [1.807, 2.05) is 0 Å². The lowest BCUT2D eigenvalue weighted by atomic mass is 10.1. The molecule has 0 unspecified atom stereocenters. The molecule has 1 aromatic carbocycles. The van der Waals surface area contributed by atoms with Crippen molar-refractivity contribution < 1.29 is 4.92 Å². The molecule has 0 saturated carbocycles. The standard InChI is InChI=1S/C9H4ClN5O2/c10-8-7-5(2-1-3-6(7)15(16)17)9-12-11-4-14(9)13-8/h1-4H. The molecule has 2 heterocycles. The first kappa shape index (κ1) is 9.91. The highest BCUT2D eigenvalue weighted by molar-refractivity contribution is 6.35. The fourth-order valence-electron chi connectivity index (χ4n) is 1.72. The summed E-state index contributed by atoms with van der Waals surface area (Å²) in [6, 6.07) is 4.65. The van der Waals surface area contributed by atoms with Crippen molar-refractivity contribution in [3.8, 4) is 0 Å². The third-order valence-corrected chi connectivity index (χ3v) is 2.68. The normalized spacial score (nSPS) is 11.1. The van der Waals surface area contributed by atoms with E-state index in [4.69, 9.17) is 11.6 Å². The molecule has 0 N–H and O–H groups in total. The fraction of sp³-hybridized carbons (Fsp3) is 0. The van der Waals surface area contributed by atoms with Crippen LogP contribution in [0.3, 0.4) is 0 Å². The summed E-state index contributed by atoms with van der Waals surface area (Å²) in [4.78, 5) is 10.4. The quantitative estimate of drug-likeness (QED) is 0.485. The molecule has 0 amide bonds. The molecule has 3 rings (SSSR count). The van der Waals surface area contributed by atoms with Crippen LogP contribution in [-0.2, 0) is 0 Å². The molecular weight excluding hydrogens is 246 g/mol. The SMILES string of the molecule is O=[N+]([O-])c1cccc2c1c(Cl)nn1cnnc21. The van der Waals surface area contributed by atoms with Crippen LogP contribution in [0, 0.1) is 10.1 Å². The zero-order valence-electron chi connectivity index (χ0n) is 8.24. The van der Waals surface area contributed by atoms with Gasteiger partial charge >= 0.3 is 0 Å². The summed E-state index contributed by atoms with van der Waals surface area (Å²) in [5, 5.41) is 23.3. The highest BCUT2D eigenvalue weighted by atomic mass is 35.5. The van der Waals surface area contributed by atoms with Gasteiger partial charge in [0.2, 0.25) is 0 Å². The highest BCUT2D eigenvalue weighted by Crippen LogP contribution is 2.31. The van der Waals surface area contributed by atoms with Crippen molar-refractivity contribution >= 4 is 33.7 Å². The molecule has 0 aliphatic heterocycles. The molecule has 0 bridgehead atoms. The first-order valence-corrected chi connectivity index (χ1v) is 4.99. The monoisotopic (exact) mass is 249 g/mol. The number of hydrogen-bond donors (Lipinski definition) is 0.